The monoisotopic (exact) mass is 320 g/mol. The zero-order chi connectivity index (χ0) is 17.3. The molecule has 3 aromatic rings. The van der Waals surface area contributed by atoms with E-state index >= 15 is 0 Å². The number of aromatic nitrogens is 4. The van der Waals surface area contributed by atoms with E-state index in [1.54, 1.807) is 12.5 Å². The number of hydrogen-bond donors (Lipinski definition) is 0. The molecule has 0 radical (unpaired) electrons. The van der Waals surface area contributed by atoms with Crippen LogP contribution in [0.2, 0.25) is 0 Å². The Hall–Kier alpha value is -2.49. The number of nitrogens with zero attached hydrogens (tertiary/aromatic N) is 4. The Morgan fingerprint density at radius 1 is 1.08 bits per heavy atom. The van der Waals surface area contributed by atoms with Crippen LogP contribution in [-0.4, -0.2) is 19.7 Å². The lowest BCUT2D eigenvalue weighted by Crippen LogP contribution is -2.10. The van der Waals surface area contributed by atoms with Crippen molar-refractivity contribution in [2.75, 3.05) is 0 Å². The Bertz CT molecular complexity index is 819. The third-order valence-electron chi connectivity index (χ3n) is 3.99. The molecule has 0 amide bonds. The molecule has 0 aliphatic rings. The summed E-state index contributed by atoms with van der Waals surface area (Å²) in [6, 6.07) is 8.48. The minimum absolute atomic E-state index is 0.276. The maximum atomic E-state index is 4.30. The average molecular weight is 320 g/mol. The summed E-state index contributed by atoms with van der Waals surface area (Å²) in [5.74, 6) is 0.817. The van der Waals surface area contributed by atoms with Crippen molar-refractivity contribution in [1.82, 2.24) is 19.7 Å². The lowest BCUT2D eigenvalue weighted by atomic mass is 9.87. The van der Waals surface area contributed by atoms with Crippen LogP contribution in [0.3, 0.4) is 0 Å². The highest BCUT2D eigenvalue weighted by Gasteiger charge is 2.16. The van der Waals surface area contributed by atoms with E-state index in [1.165, 1.54) is 16.7 Å². The van der Waals surface area contributed by atoms with Crippen molar-refractivity contribution in [3.63, 3.8) is 0 Å². The molecule has 124 valence electrons. The summed E-state index contributed by atoms with van der Waals surface area (Å²) in [6.45, 7) is 11.1. The second-order valence-electron chi connectivity index (χ2n) is 7.58. The summed E-state index contributed by atoms with van der Waals surface area (Å²) >= 11 is 0. The predicted molar refractivity (Wildman–Crippen MR) is 97.2 cm³/mol. The van der Waals surface area contributed by atoms with Gasteiger partial charge in [-0.2, -0.15) is 0 Å². The van der Waals surface area contributed by atoms with Crippen LogP contribution in [0.1, 0.15) is 37.5 Å². The maximum Gasteiger partial charge on any atom is 0.169 e. The fourth-order valence-corrected chi connectivity index (χ4v) is 3.23. The smallest absolute Gasteiger partial charge is 0.169 e. The van der Waals surface area contributed by atoms with Gasteiger partial charge in [-0.1, -0.05) is 32.9 Å². The minimum atomic E-state index is 0.276. The maximum absolute atomic E-state index is 4.30. The van der Waals surface area contributed by atoms with Crippen LogP contribution in [0.5, 0.6) is 0 Å². The molecule has 2 aromatic heterocycles. The first kappa shape index (κ1) is 16.4. The fourth-order valence-electron chi connectivity index (χ4n) is 3.23. The molecule has 2 heterocycles. The molecule has 0 aliphatic carbocycles. The Balaban J connectivity index is 2.07. The van der Waals surface area contributed by atoms with Crippen molar-refractivity contribution in [1.29, 1.82) is 0 Å². The van der Waals surface area contributed by atoms with Gasteiger partial charge in [-0.15, -0.1) is 10.2 Å². The summed E-state index contributed by atoms with van der Waals surface area (Å²) in [7, 11) is 0. The zero-order valence-electron chi connectivity index (χ0n) is 15.0. The highest BCUT2D eigenvalue weighted by molar-refractivity contribution is 5.60. The van der Waals surface area contributed by atoms with E-state index in [9.17, 15) is 0 Å². The van der Waals surface area contributed by atoms with Gasteiger partial charge in [-0.05, 0) is 54.5 Å². The topological polar surface area (TPSA) is 43.6 Å². The molecule has 24 heavy (non-hydrogen) atoms. The molecule has 4 heteroatoms. The van der Waals surface area contributed by atoms with E-state index in [1.807, 2.05) is 18.3 Å². The van der Waals surface area contributed by atoms with E-state index in [4.69, 9.17) is 0 Å². The van der Waals surface area contributed by atoms with Crippen molar-refractivity contribution < 1.29 is 0 Å². The van der Waals surface area contributed by atoms with Crippen LogP contribution in [-0.2, 0) is 6.42 Å². The number of aryl methyl sites for hydroxylation is 2. The first-order valence-electron chi connectivity index (χ1n) is 8.26. The molecule has 1 aromatic carbocycles. The summed E-state index contributed by atoms with van der Waals surface area (Å²) < 4.78 is 2.06. The zero-order valence-corrected chi connectivity index (χ0v) is 15.0. The lowest BCUT2D eigenvalue weighted by Gasteiger charge is -2.21. The van der Waals surface area contributed by atoms with Crippen LogP contribution < -0.4 is 0 Å². The van der Waals surface area contributed by atoms with Gasteiger partial charge in [0.15, 0.2) is 5.82 Å². The lowest BCUT2D eigenvalue weighted by molar-refractivity contribution is 0.411. The van der Waals surface area contributed by atoms with Crippen molar-refractivity contribution in [3.05, 3.63) is 59.7 Å². The number of benzene rings is 1. The van der Waals surface area contributed by atoms with Crippen molar-refractivity contribution in [2.45, 2.75) is 41.0 Å². The molecule has 4 nitrogen and oxygen atoms in total. The van der Waals surface area contributed by atoms with Gasteiger partial charge in [0.25, 0.3) is 0 Å². The second kappa shape index (κ2) is 6.19. The van der Waals surface area contributed by atoms with Gasteiger partial charge in [0.1, 0.15) is 6.33 Å². The molecule has 0 N–H and O–H groups in total. The third-order valence-corrected chi connectivity index (χ3v) is 3.99. The quantitative estimate of drug-likeness (QED) is 0.712. The van der Waals surface area contributed by atoms with Crippen LogP contribution >= 0.6 is 0 Å². The highest BCUT2D eigenvalue weighted by atomic mass is 15.3. The Morgan fingerprint density at radius 3 is 2.38 bits per heavy atom. The highest BCUT2D eigenvalue weighted by Crippen LogP contribution is 2.28. The summed E-state index contributed by atoms with van der Waals surface area (Å²) in [5.41, 5.74) is 6.23. The average Bonchev–Trinajstić information content (AvgIpc) is 2.95. The van der Waals surface area contributed by atoms with Crippen LogP contribution in [0.15, 0.2) is 43.0 Å². The first-order chi connectivity index (χ1) is 11.3. The van der Waals surface area contributed by atoms with E-state index in [2.05, 4.69) is 66.5 Å². The van der Waals surface area contributed by atoms with Crippen molar-refractivity contribution >= 4 is 0 Å². The molecular formula is C20H24N4. The van der Waals surface area contributed by atoms with E-state index in [-0.39, 0.29) is 5.41 Å². The van der Waals surface area contributed by atoms with Gasteiger partial charge in [-0.25, -0.2) is 0 Å². The van der Waals surface area contributed by atoms with Gasteiger partial charge in [0, 0.05) is 18.0 Å². The predicted octanol–water partition coefficient (Wildman–Crippen LogP) is 4.53. The van der Waals surface area contributed by atoms with Crippen LogP contribution in [0, 0.1) is 19.3 Å². The molecule has 0 saturated heterocycles. The SMILES string of the molecule is Cc1cc(CC(C)(C)C)cc(C)c1-n1cnnc1-c1cccnc1. The van der Waals surface area contributed by atoms with Gasteiger partial charge in [0.05, 0.1) is 5.69 Å². The van der Waals surface area contributed by atoms with E-state index in [0.717, 1.165) is 23.5 Å². The summed E-state index contributed by atoms with van der Waals surface area (Å²) in [6.07, 6.45) is 6.43. The number of pyridine rings is 1. The Labute approximate surface area is 143 Å². The molecule has 0 spiro atoms. The fraction of sp³-hybridized carbons (Fsp3) is 0.350. The summed E-state index contributed by atoms with van der Waals surface area (Å²) in [4.78, 5) is 4.19. The molecule has 0 fully saturated rings. The molecule has 0 bridgehead atoms. The Morgan fingerprint density at radius 2 is 1.79 bits per heavy atom. The number of rotatable bonds is 3. The van der Waals surface area contributed by atoms with Crippen LogP contribution in [0.4, 0.5) is 0 Å². The van der Waals surface area contributed by atoms with Gasteiger partial charge in [0.2, 0.25) is 0 Å². The standard InChI is InChI=1S/C20H24N4/c1-14-9-16(11-20(3,4)5)10-15(2)18(14)24-13-22-23-19(24)17-7-6-8-21-12-17/h6-10,12-13H,11H2,1-5H3. The number of hydrogen-bond acceptors (Lipinski definition) is 3. The molecule has 0 saturated carbocycles. The third kappa shape index (κ3) is 3.37. The minimum Gasteiger partial charge on any atom is -0.281 e. The molecule has 0 atom stereocenters. The molecular weight excluding hydrogens is 296 g/mol. The molecule has 0 aliphatic heterocycles. The van der Waals surface area contributed by atoms with E-state index < -0.39 is 0 Å². The first-order valence-corrected chi connectivity index (χ1v) is 8.26. The molecule has 0 unspecified atom stereocenters. The summed E-state index contributed by atoms with van der Waals surface area (Å²) in [5, 5.41) is 8.42. The van der Waals surface area contributed by atoms with E-state index in [0.29, 0.717) is 0 Å². The van der Waals surface area contributed by atoms with Crippen LogP contribution in [0.25, 0.3) is 17.1 Å². The van der Waals surface area contributed by atoms with Gasteiger partial charge >= 0.3 is 0 Å². The van der Waals surface area contributed by atoms with Crippen molar-refractivity contribution in [3.8, 4) is 17.1 Å². The molecule has 3 rings (SSSR count). The van der Waals surface area contributed by atoms with Gasteiger partial charge in [-0.3, -0.25) is 9.55 Å². The van der Waals surface area contributed by atoms with Gasteiger partial charge < -0.3 is 0 Å². The second-order valence-corrected chi connectivity index (χ2v) is 7.58. The largest absolute Gasteiger partial charge is 0.281 e. The van der Waals surface area contributed by atoms with Crippen molar-refractivity contribution in [2.24, 2.45) is 5.41 Å². The Kier molecular flexibility index (Phi) is 4.22. The normalized spacial score (nSPS) is 11.7.